The smallest absolute Gasteiger partial charge is 0.335 e. The van der Waals surface area contributed by atoms with Crippen LogP contribution >= 0.6 is 11.6 Å². The van der Waals surface area contributed by atoms with Gasteiger partial charge < -0.3 is 15.8 Å². The van der Waals surface area contributed by atoms with Gasteiger partial charge in [0.2, 0.25) is 0 Å². The quantitative estimate of drug-likeness (QED) is 0.375. The number of nitrogens with one attached hydrogen (secondary N) is 1. The van der Waals surface area contributed by atoms with Crippen LogP contribution in [0.1, 0.15) is 33.0 Å². The largest absolute Gasteiger partial charge is 0.453 e. The predicted molar refractivity (Wildman–Crippen MR) is 137 cm³/mol. The third kappa shape index (κ3) is 4.77. The molecule has 1 aliphatic rings. The van der Waals surface area contributed by atoms with Gasteiger partial charge in [-0.1, -0.05) is 11.6 Å². The van der Waals surface area contributed by atoms with Gasteiger partial charge in [-0.2, -0.15) is 0 Å². The minimum atomic E-state index is -0.892. The molecule has 2 amide bonds. The van der Waals surface area contributed by atoms with E-state index in [1.165, 1.54) is 41.1 Å². The molecular formula is C26H18ClF2N5O5. The number of nitrogens with zero attached hydrogens (tertiary/aromatic N) is 3. The fourth-order valence-electron chi connectivity index (χ4n) is 4.28. The number of hydrogen-bond acceptors (Lipinski definition) is 6. The summed E-state index contributed by atoms with van der Waals surface area (Å²) in [6, 6.07) is 9.53. The number of rotatable bonds is 6. The molecule has 0 saturated carbocycles. The molecule has 2 aromatic carbocycles. The molecule has 0 bridgehead atoms. The molecule has 3 N–H and O–H groups in total. The third-order valence-electron chi connectivity index (χ3n) is 6.06. The predicted octanol–water partition coefficient (Wildman–Crippen LogP) is 3.42. The maximum atomic E-state index is 14.9. The van der Waals surface area contributed by atoms with Crippen molar-refractivity contribution in [2.24, 2.45) is 5.73 Å². The van der Waals surface area contributed by atoms with Gasteiger partial charge >= 0.3 is 5.69 Å². The molecule has 13 heteroatoms. The summed E-state index contributed by atoms with van der Waals surface area (Å²) in [5, 5.41) is 2.28. The van der Waals surface area contributed by atoms with Gasteiger partial charge in [0.1, 0.15) is 27.8 Å². The fraction of sp³-hybridized carbons (Fsp3) is 0.115. The number of nitrogens with two attached hydrogens (primary N) is 1. The molecular weight excluding hydrogens is 536 g/mol. The second kappa shape index (κ2) is 10.1. The molecule has 39 heavy (non-hydrogen) atoms. The standard InChI is InChI=1S/C26H18ClF2N5O5/c27-21-19(9-10-31-22(21)23(30)35)39-18-8-5-14(12-16(18)29)32-24(36)20-17-2-1-11-33(17)26(38)34(25(20)37)15-6-3-13(28)4-7-15/h3-10,12H,1-2,11H2,(H2,30,35)(H,32,36). The van der Waals surface area contributed by atoms with Crippen molar-refractivity contribution in [1.29, 1.82) is 0 Å². The Bertz CT molecular complexity index is 1770. The average molecular weight is 554 g/mol. The molecule has 1 aliphatic heterocycles. The highest BCUT2D eigenvalue weighted by Gasteiger charge is 2.28. The number of ether oxygens (including phenoxy) is 1. The molecule has 198 valence electrons. The molecule has 2 aromatic heterocycles. The van der Waals surface area contributed by atoms with Crippen LogP contribution in [0, 0.1) is 11.6 Å². The maximum absolute atomic E-state index is 14.9. The van der Waals surface area contributed by atoms with Gasteiger partial charge in [0.05, 0.1) is 5.69 Å². The zero-order chi connectivity index (χ0) is 27.8. The van der Waals surface area contributed by atoms with E-state index in [2.05, 4.69) is 10.3 Å². The number of pyridine rings is 1. The van der Waals surface area contributed by atoms with Crippen molar-refractivity contribution in [3.05, 3.63) is 109 Å². The van der Waals surface area contributed by atoms with Crippen molar-refractivity contribution < 1.29 is 23.1 Å². The minimum Gasteiger partial charge on any atom is -0.453 e. The summed E-state index contributed by atoms with van der Waals surface area (Å²) in [4.78, 5) is 54.8. The Kier molecular flexibility index (Phi) is 6.71. The first-order valence-electron chi connectivity index (χ1n) is 11.5. The van der Waals surface area contributed by atoms with Crippen LogP contribution in [-0.2, 0) is 13.0 Å². The lowest BCUT2D eigenvalue weighted by atomic mass is 10.1. The Morgan fingerprint density at radius 3 is 2.49 bits per heavy atom. The summed E-state index contributed by atoms with van der Waals surface area (Å²) in [7, 11) is 0. The zero-order valence-electron chi connectivity index (χ0n) is 19.9. The number of carbonyl (C=O) groups is 2. The van der Waals surface area contributed by atoms with Crippen LogP contribution in [-0.4, -0.2) is 25.9 Å². The molecule has 4 aromatic rings. The molecule has 0 atom stereocenters. The van der Waals surface area contributed by atoms with Crippen molar-refractivity contribution >= 4 is 29.1 Å². The van der Waals surface area contributed by atoms with E-state index in [0.29, 0.717) is 19.4 Å². The van der Waals surface area contributed by atoms with Gasteiger partial charge in [-0.05, 0) is 49.2 Å². The Hall–Kier alpha value is -4.84. The van der Waals surface area contributed by atoms with Crippen LogP contribution in [0.3, 0.4) is 0 Å². The van der Waals surface area contributed by atoms with E-state index < -0.39 is 34.7 Å². The lowest BCUT2D eigenvalue weighted by molar-refractivity contribution is 0.0993. The molecule has 0 fully saturated rings. The monoisotopic (exact) mass is 553 g/mol. The number of amides is 2. The van der Waals surface area contributed by atoms with E-state index in [1.807, 2.05) is 0 Å². The Morgan fingerprint density at radius 1 is 1.05 bits per heavy atom. The number of anilines is 1. The molecule has 0 radical (unpaired) electrons. The van der Waals surface area contributed by atoms with E-state index in [9.17, 15) is 28.0 Å². The average Bonchev–Trinajstić information content (AvgIpc) is 3.37. The van der Waals surface area contributed by atoms with E-state index in [4.69, 9.17) is 22.1 Å². The van der Waals surface area contributed by atoms with Crippen molar-refractivity contribution in [2.75, 3.05) is 5.32 Å². The maximum Gasteiger partial charge on any atom is 0.335 e. The van der Waals surface area contributed by atoms with Gasteiger partial charge in [0.25, 0.3) is 17.4 Å². The van der Waals surface area contributed by atoms with Crippen LogP contribution in [0.5, 0.6) is 11.5 Å². The molecule has 0 aliphatic carbocycles. The van der Waals surface area contributed by atoms with Crippen LogP contribution in [0.4, 0.5) is 14.5 Å². The first-order valence-corrected chi connectivity index (χ1v) is 11.9. The topological polar surface area (TPSA) is 138 Å². The van der Waals surface area contributed by atoms with Crippen molar-refractivity contribution in [1.82, 2.24) is 14.1 Å². The fourth-order valence-corrected chi connectivity index (χ4v) is 4.53. The zero-order valence-corrected chi connectivity index (χ0v) is 20.7. The van der Waals surface area contributed by atoms with Crippen molar-refractivity contribution in [2.45, 2.75) is 19.4 Å². The number of benzene rings is 2. The van der Waals surface area contributed by atoms with E-state index in [-0.39, 0.29) is 44.8 Å². The van der Waals surface area contributed by atoms with Gasteiger partial charge in [-0.3, -0.25) is 19.0 Å². The number of aromatic nitrogens is 3. The van der Waals surface area contributed by atoms with Crippen molar-refractivity contribution in [3.63, 3.8) is 0 Å². The molecule has 0 spiro atoms. The summed E-state index contributed by atoms with van der Waals surface area (Å²) in [5.74, 6) is -3.53. The minimum absolute atomic E-state index is 0.000760. The first kappa shape index (κ1) is 25.8. The second-order valence-electron chi connectivity index (χ2n) is 8.51. The normalized spacial score (nSPS) is 12.2. The Balaban J connectivity index is 1.46. The summed E-state index contributed by atoms with van der Waals surface area (Å²) in [6.07, 6.45) is 2.08. The van der Waals surface area contributed by atoms with Crippen LogP contribution in [0.15, 0.2) is 64.3 Å². The van der Waals surface area contributed by atoms with Crippen LogP contribution < -0.4 is 27.0 Å². The molecule has 3 heterocycles. The SMILES string of the molecule is NC(=O)c1nccc(Oc2ccc(NC(=O)c3c4n(c(=O)n(-c5ccc(F)cc5)c3=O)CCC4)cc2F)c1Cl. The van der Waals surface area contributed by atoms with Crippen LogP contribution in [0.2, 0.25) is 5.02 Å². The molecule has 0 unspecified atom stereocenters. The number of carbonyl (C=O) groups excluding carboxylic acids is 2. The van der Waals surface area contributed by atoms with Gasteiger partial charge in [0, 0.05) is 36.3 Å². The van der Waals surface area contributed by atoms with Crippen molar-refractivity contribution in [3.8, 4) is 17.2 Å². The molecule has 10 nitrogen and oxygen atoms in total. The Morgan fingerprint density at radius 2 is 1.79 bits per heavy atom. The number of primary amides is 1. The van der Waals surface area contributed by atoms with Gasteiger partial charge in [-0.15, -0.1) is 0 Å². The first-order chi connectivity index (χ1) is 18.7. The van der Waals surface area contributed by atoms with Crippen LogP contribution in [0.25, 0.3) is 5.69 Å². The van der Waals surface area contributed by atoms with E-state index in [1.54, 1.807) is 0 Å². The lowest BCUT2D eigenvalue weighted by Gasteiger charge is -2.15. The van der Waals surface area contributed by atoms with E-state index >= 15 is 0 Å². The number of hydrogen-bond donors (Lipinski definition) is 2. The summed E-state index contributed by atoms with van der Waals surface area (Å²) >= 11 is 6.07. The third-order valence-corrected chi connectivity index (χ3v) is 6.42. The highest BCUT2D eigenvalue weighted by Crippen LogP contribution is 2.33. The highest BCUT2D eigenvalue weighted by atomic mass is 35.5. The van der Waals surface area contributed by atoms with Gasteiger partial charge in [-0.25, -0.2) is 23.1 Å². The molecule has 5 rings (SSSR count). The summed E-state index contributed by atoms with van der Waals surface area (Å²) in [6.45, 7) is 0.297. The Labute approximate surface area is 223 Å². The summed E-state index contributed by atoms with van der Waals surface area (Å²) < 4.78 is 35.9. The van der Waals surface area contributed by atoms with Gasteiger partial charge in [0.15, 0.2) is 11.6 Å². The number of fused-ring (bicyclic) bond motifs is 1. The number of halogens is 3. The molecule has 0 saturated heterocycles. The second-order valence-corrected chi connectivity index (χ2v) is 8.89. The van der Waals surface area contributed by atoms with E-state index in [0.717, 1.165) is 22.8 Å². The highest BCUT2D eigenvalue weighted by molar-refractivity contribution is 6.34. The lowest BCUT2D eigenvalue weighted by Crippen LogP contribution is -2.43. The summed E-state index contributed by atoms with van der Waals surface area (Å²) in [5.41, 5.74) is 3.52.